The molecule has 2 nitrogen and oxygen atoms in total. The Morgan fingerprint density at radius 3 is 2.60 bits per heavy atom. The van der Waals surface area contributed by atoms with Gasteiger partial charge in [-0.1, -0.05) is 26.2 Å². The van der Waals surface area contributed by atoms with Crippen LogP contribution < -0.4 is 29.6 Å². The molecule has 0 atom stereocenters. The van der Waals surface area contributed by atoms with Crippen molar-refractivity contribution < 1.29 is 40.5 Å². The first kappa shape index (κ1) is 13.1. The van der Waals surface area contributed by atoms with Crippen molar-refractivity contribution in [3.05, 3.63) is 0 Å². The van der Waals surface area contributed by atoms with Gasteiger partial charge in [-0.05, 0) is 6.42 Å². The monoisotopic (exact) mass is 154 g/mol. The van der Waals surface area contributed by atoms with Gasteiger partial charge in [-0.25, -0.2) is 0 Å². The van der Waals surface area contributed by atoms with Crippen molar-refractivity contribution in [3.8, 4) is 0 Å². The summed E-state index contributed by atoms with van der Waals surface area (Å²) < 4.78 is 4.50. The number of rotatable bonds is 6. The molecule has 0 saturated heterocycles. The van der Waals surface area contributed by atoms with Gasteiger partial charge in [0.15, 0.2) is 0 Å². The maximum absolute atomic E-state index is 9.62. The Bertz CT molecular complexity index is 71.5. The first-order valence-corrected chi connectivity index (χ1v) is 3.47. The van der Waals surface area contributed by atoms with Gasteiger partial charge in [-0.3, -0.25) is 4.79 Å². The second kappa shape index (κ2) is 12.2. The van der Waals surface area contributed by atoms with E-state index in [-0.39, 0.29) is 31.0 Å². The van der Waals surface area contributed by atoms with Crippen LogP contribution in [0.3, 0.4) is 0 Å². The molecule has 0 saturated carbocycles. The van der Waals surface area contributed by atoms with Crippen molar-refractivity contribution in [1.29, 1.82) is 0 Å². The van der Waals surface area contributed by atoms with E-state index >= 15 is 0 Å². The smallest absolute Gasteiger partial charge is 1.00 e. The molecular weight excluding hydrogens is 139 g/mol. The second-order valence-electron chi connectivity index (χ2n) is 2.03. The van der Waals surface area contributed by atoms with Gasteiger partial charge >= 0.3 is 29.6 Å². The maximum atomic E-state index is 9.62. The average molecular weight is 154 g/mol. The third kappa shape index (κ3) is 11.3. The molecule has 56 valence electrons. The van der Waals surface area contributed by atoms with E-state index in [1.807, 2.05) is 0 Å². The van der Waals surface area contributed by atoms with Gasteiger partial charge in [-0.15, -0.1) is 0 Å². The van der Waals surface area contributed by atoms with Crippen molar-refractivity contribution >= 4 is 6.47 Å². The molecule has 0 aliphatic carbocycles. The molecule has 0 aromatic carbocycles. The van der Waals surface area contributed by atoms with Gasteiger partial charge in [-0.2, -0.15) is 0 Å². The van der Waals surface area contributed by atoms with Crippen LogP contribution in [0.4, 0.5) is 0 Å². The summed E-state index contributed by atoms with van der Waals surface area (Å²) in [6.45, 7) is 3.25. The van der Waals surface area contributed by atoms with Gasteiger partial charge in [0.25, 0.3) is 6.47 Å². The zero-order valence-corrected chi connectivity index (χ0v) is 8.93. The molecule has 0 bridgehead atoms. The van der Waals surface area contributed by atoms with E-state index in [9.17, 15) is 4.79 Å². The van der Waals surface area contributed by atoms with Gasteiger partial charge in [0.05, 0.1) is 6.61 Å². The van der Waals surface area contributed by atoms with E-state index in [2.05, 4.69) is 11.7 Å². The molecule has 0 aliphatic rings. The van der Waals surface area contributed by atoms with Crippen LogP contribution in [0.15, 0.2) is 0 Å². The quantitative estimate of drug-likeness (QED) is 0.274. The third-order valence-electron chi connectivity index (χ3n) is 1.18. The van der Waals surface area contributed by atoms with Crippen LogP contribution in [-0.4, -0.2) is 13.1 Å². The van der Waals surface area contributed by atoms with Crippen LogP contribution in [-0.2, 0) is 9.53 Å². The summed E-state index contributed by atoms with van der Waals surface area (Å²) in [6.07, 6.45) is 4.64. The molecule has 0 radical (unpaired) electrons. The van der Waals surface area contributed by atoms with Gasteiger partial charge < -0.3 is 6.16 Å². The molecule has 0 aromatic heterocycles. The molecule has 0 rings (SSSR count). The minimum atomic E-state index is 0. The molecule has 3 heteroatoms. The third-order valence-corrected chi connectivity index (χ3v) is 1.18. The molecule has 0 aliphatic heterocycles. The molecule has 10 heavy (non-hydrogen) atoms. The number of hydrogen-bond acceptors (Lipinski definition) is 2. The predicted molar refractivity (Wildman–Crippen MR) is 37.3 cm³/mol. The summed E-state index contributed by atoms with van der Waals surface area (Å²) in [6, 6.07) is 0. The Kier molecular flexibility index (Phi) is 15.9. The second-order valence-corrected chi connectivity index (χ2v) is 2.03. The van der Waals surface area contributed by atoms with Crippen molar-refractivity contribution in [3.63, 3.8) is 0 Å². The molecule has 0 fully saturated rings. The van der Waals surface area contributed by atoms with Crippen LogP contribution in [0.2, 0.25) is 0 Å². The summed E-state index contributed by atoms with van der Waals surface area (Å²) in [5, 5.41) is 0. The van der Waals surface area contributed by atoms with E-state index in [1.165, 1.54) is 19.3 Å². The molecule has 0 aromatic rings. The van der Waals surface area contributed by atoms with Crippen LogP contribution in [0.1, 0.15) is 34.0 Å². The summed E-state index contributed by atoms with van der Waals surface area (Å²) in [5.74, 6) is 0. The fraction of sp³-hybridized carbons (Fsp3) is 0.857. The Morgan fingerprint density at radius 1 is 1.40 bits per heavy atom. The van der Waals surface area contributed by atoms with E-state index in [0.29, 0.717) is 13.1 Å². The zero-order chi connectivity index (χ0) is 6.95. The molecule has 0 N–H and O–H groups in total. The summed E-state index contributed by atoms with van der Waals surface area (Å²) >= 11 is 0. The Labute approximate surface area is 86.1 Å². The van der Waals surface area contributed by atoms with E-state index < -0.39 is 0 Å². The molecular formula is C7H15NaO2. The summed E-state index contributed by atoms with van der Waals surface area (Å²) in [4.78, 5) is 9.62. The number of carbonyl (C=O) groups excluding carboxylic acids is 1. The van der Waals surface area contributed by atoms with Gasteiger partial charge in [0.2, 0.25) is 0 Å². The SMILES string of the molecule is CCCCCCOC=O.[H-].[Na+]. The van der Waals surface area contributed by atoms with Gasteiger partial charge in [0.1, 0.15) is 0 Å². The number of hydrogen-bond donors (Lipinski definition) is 0. The topological polar surface area (TPSA) is 26.3 Å². The van der Waals surface area contributed by atoms with Crippen LogP contribution in [0, 0.1) is 0 Å². The first-order chi connectivity index (χ1) is 4.41. The van der Waals surface area contributed by atoms with Crippen molar-refractivity contribution in [2.24, 2.45) is 0 Å². The van der Waals surface area contributed by atoms with Crippen LogP contribution in [0.5, 0.6) is 0 Å². The maximum Gasteiger partial charge on any atom is 1.00 e. The van der Waals surface area contributed by atoms with Crippen molar-refractivity contribution in [2.75, 3.05) is 6.61 Å². The number of carbonyl (C=O) groups is 1. The average Bonchev–Trinajstić information content (AvgIpc) is 1.89. The van der Waals surface area contributed by atoms with E-state index in [4.69, 9.17) is 0 Å². The number of ether oxygens (including phenoxy) is 1. The normalized spacial score (nSPS) is 8.10. The van der Waals surface area contributed by atoms with E-state index in [1.54, 1.807) is 0 Å². The summed E-state index contributed by atoms with van der Waals surface area (Å²) in [5.41, 5.74) is 0. The first-order valence-electron chi connectivity index (χ1n) is 3.47. The minimum Gasteiger partial charge on any atom is -1.00 e. The Balaban J connectivity index is -0.000000320. The van der Waals surface area contributed by atoms with Crippen molar-refractivity contribution in [1.82, 2.24) is 0 Å². The van der Waals surface area contributed by atoms with Crippen LogP contribution >= 0.6 is 0 Å². The summed E-state index contributed by atoms with van der Waals surface area (Å²) in [7, 11) is 0. The standard InChI is InChI=1S/C7H14O2.Na.H/c1-2-3-4-5-6-9-7-8;;/h7H,2-6H2,1H3;;/q;+1;-1. The van der Waals surface area contributed by atoms with E-state index in [0.717, 1.165) is 6.42 Å². The molecule has 0 spiro atoms. The van der Waals surface area contributed by atoms with Crippen molar-refractivity contribution in [2.45, 2.75) is 32.6 Å². The Morgan fingerprint density at radius 2 is 2.10 bits per heavy atom. The minimum absolute atomic E-state index is 0. The largest absolute Gasteiger partial charge is 1.00 e. The fourth-order valence-electron chi connectivity index (χ4n) is 0.660. The Hall–Kier alpha value is 0.470. The van der Waals surface area contributed by atoms with Gasteiger partial charge in [0, 0.05) is 0 Å². The molecule has 0 unspecified atom stereocenters. The molecule has 0 heterocycles. The van der Waals surface area contributed by atoms with Crippen LogP contribution in [0.25, 0.3) is 0 Å². The fourth-order valence-corrected chi connectivity index (χ4v) is 0.660. The number of unbranched alkanes of at least 4 members (excludes halogenated alkanes) is 3. The predicted octanol–water partition coefficient (Wildman–Crippen LogP) is -1.14. The zero-order valence-electron chi connectivity index (χ0n) is 7.93. The molecule has 0 amide bonds.